The topological polar surface area (TPSA) is 0 Å². The van der Waals surface area contributed by atoms with E-state index in [-0.39, 0.29) is 5.38 Å². The minimum absolute atomic E-state index is 0.231. The van der Waals surface area contributed by atoms with Gasteiger partial charge in [0.05, 0.1) is 6.63 Å². The second-order valence-electron chi connectivity index (χ2n) is 2.63. The summed E-state index contributed by atoms with van der Waals surface area (Å²) in [5, 5.41) is 0.231. The Morgan fingerprint density at radius 1 is 1.10 bits per heavy atom. The fourth-order valence-corrected chi connectivity index (χ4v) is 4.42. The quantitative estimate of drug-likeness (QED) is 0.455. The highest BCUT2D eigenvalue weighted by Gasteiger charge is 2.28. The highest BCUT2D eigenvalue weighted by Crippen LogP contribution is 2.57. The molecule has 4 heteroatoms. The van der Waals surface area contributed by atoms with Crippen molar-refractivity contribution in [2.24, 2.45) is 0 Å². The summed E-state index contributed by atoms with van der Waals surface area (Å²) in [5.41, 5.74) is 0.383. The molecule has 0 spiro atoms. The highest BCUT2D eigenvalue weighted by atomic mass is 35.9. The molecule has 0 nitrogen and oxygen atoms in total. The summed E-state index contributed by atoms with van der Waals surface area (Å²) in [7, 11) is 0. The minimum atomic E-state index is -0.845. The van der Waals surface area contributed by atoms with Gasteiger partial charge >= 0.3 is 0 Å². The first-order valence-electron chi connectivity index (χ1n) is 3.46. The number of rotatable bonds is 1. The molecule has 1 aliphatic carbocycles. The van der Waals surface area contributed by atoms with Crippen molar-refractivity contribution in [3.63, 3.8) is 0 Å². The SMILES string of the molecule is Cl[C@@H]1CCCC[C@H]1P(Cl)Cl. The number of halogens is 3. The molecule has 0 aliphatic heterocycles. The molecule has 0 aromatic heterocycles. The zero-order valence-electron chi connectivity index (χ0n) is 5.56. The van der Waals surface area contributed by atoms with Crippen molar-refractivity contribution in [2.75, 3.05) is 0 Å². The van der Waals surface area contributed by atoms with E-state index in [0.29, 0.717) is 5.66 Å². The molecule has 1 saturated carbocycles. The van der Waals surface area contributed by atoms with Crippen molar-refractivity contribution >= 4 is 40.7 Å². The van der Waals surface area contributed by atoms with Gasteiger partial charge < -0.3 is 0 Å². The van der Waals surface area contributed by atoms with Gasteiger partial charge in [0.15, 0.2) is 0 Å². The number of alkyl halides is 1. The van der Waals surface area contributed by atoms with Gasteiger partial charge in [-0.3, -0.25) is 0 Å². The second kappa shape index (κ2) is 4.36. The molecular formula is C6H10Cl3P. The van der Waals surface area contributed by atoms with Crippen LogP contribution in [0.4, 0.5) is 0 Å². The molecule has 0 aromatic carbocycles. The van der Waals surface area contributed by atoms with E-state index in [2.05, 4.69) is 0 Å². The molecule has 1 rings (SSSR count). The molecule has 0 aromatic rings. The lowest BCUT2D eigenvalue weighted by Crippen LogP contribution is -2.21. The van der Waals surface area contributed by atoms with E-state index in [1.54, 1.807) is 0 Å². The third kappa shape index (κ3) is 2.41. The van der Waals surface area contributed by atoms with Gasteiger partial charge in [0.25, 0.3) is 0 Å². The van der Waals surface area contributed by atoms with E-state index in [1.165, 1.54) is 12.8 Å². The third-order valence-electron chi connectivity index (χ3n) is 1.90. The van der Waals surface area contributed by atoms with Gasteiger partial charge in [0.2, 0.25) is 0 Å². The van der Waals surface area contributed by atoms with Crippen molar-refractivity contribution in [1.29, 1.82) is 0 Å². The Labute approximate surface area is 77.6 Å². The Kier molecular flexibility index (Phi) is 4.09. The molecular weight excluding hydrogens is 209 g/mol. The lowest BCUT2D eigenvalue weighted by molar-refractivity contribution is 0.521. The van der Waals surface area contributed by atoms with Gasteiger partial charge in [0, 0.05) is 11.0 Å². The zero-order valence-corrected chi connectivity index (χ0v) is 8.73. The third-order valence-corrected chi connectivity index (χ3v) is 5.22. The van der Waals surface area contributed by atoms with Crippen molar-refractivity contribution in [2.45, 2.75) is 36.7 Å². The van der Waals surface area contributed by atoms with Crippen LogP contribution in [0, 0.1) is 0 Å². The van der Waals surface area contributed by atoms with E-state index >= 15 is 0 Å². The summed E-state index contributed by atoms with van der Waals surface area (Å²) >= 11 is 17.6. The van der Waals surface area contributed by atoms with E-state index in [9.17, 15) is 0 Å². The average Bonchev–Trinajstić information content (AvgIpc) is 1.88. The lowest BCUT2D eigenvalue weighted by Gasteiger charge is -2.27. The Morgan fingerprint density at radius 2 is 1.70 bits per heavy atom. The first kappa shape index (κ1) is 9.39. The van der Waals surface area contributed by atoms with Crippen LogP contribution in [0.2, 0.25) is 0 Å². The zero-order chi connectivity index (χ0) is 7.56. The maximum Gasteiger partial charge on any atom is 0.0900 e. The molecule has 0 saturated heterocycles. The molecule has 0 unspecified atom stereocenters. The summed E-state index contributed by atoms with van der Waals surface area (Å²) in [6, 6.07) is 0. The fourth-order valence-electron chi connectivity index (χ4n) is 1.29. The number of hydrogen-bond donors (Lipinski definition) is 0. The molecule has 2 atom stereocenters. The summed E-state index contributed by atoms with van der Waals surface area (Å²) < 4.78 is 0. The largest absolute Gasteiger partial charge is 0.122 e. The molecule has 60 valence electrons. The van der Waals surface area contributed by atoms with Gasteiger partial charge in [-0.25, -0.2) is 0 Å². The maximum atomic E-state index is 6.02. The van der Waals surface area contributed by atoms with Crippen molar-refractivity contribution in [1.82, 2.24) is 0 Å². The van der Waals surface area contributed by atoms with Crippen molar-refractivity contribution in [3.8, 4) is 0 Å². The van der Waals surface area contributed by atoms with Crippen LogP contribution in [0.3, 0.4) is 0 Å². The second-order valence-corrected chi connectivity index (χ2v) is 7.07. The molecule has 0 heterocycles. The predicted octanol–water partition coefficient (Wildman–Crippen LogP) is 4.33. The lowest BCUT2D eigenvalue weighted by atomic mass is 10.00. The Hall–Kier alpha value is 1.30. The van der Waals surface area contributed by atoms with Crippen molar-refractivity contribution in [3.05, 3.63) is 0 Å². The molecule has 1 fully saturated rings. The van der Waals surface area contributed by atoms with Crippen LogP contribution in [0.5, 0.6) is 0 Å². The minimum Gasteiger partial charge on any atom is -0.122 e. The van der Waals surface area contributed by atoms with Gasteiger partial charge in [-0.2, -0.15) is 0 Å². The molecule has 0 N–H and O–H groups in total. The van der Waals surface area contributed by atoms with E-state index in [0.717, 1.165) is 12.8 Å². The van der Waals surface area contributed by atoms with Crippen LogP contribution in [0.25, 0.3) is 0 Å². The molecule has 0 bridgehead atoms. The average molecular weight is 219 g/mol. The summed E-state index contributed by atoms with van der Waals surface area (Å²) in [4.78, 5) is 0. The Bertz CT molecular complexity index is 107. The van der Waals surface area contributed by atoms with Crippen LogP contribution < -0.4 is 0 Å². The van der Waals surface area contributed by atoms with Crippen LogP contribution in [-0.2, 0) is 0 Å². The van der Waals surface area contributed by atoms with Crippen molar-refractivity contribution < 1.29 is 0 Å². The van der Waals surface area contributed by atoms with Crippen LogP contribution >= 0.6 is 40.7 Å². The monoisotopic (exact) mass is 218 g/mol. The van der Waals surface area contributed by atoms with E-state index in [1.807, 2.05) is 0 Å². The summed E-state index contributed by atoms with van der Waals surface area (Å²) in [5.74, 6) is 0. The number of hydrogen-bond acceptors (Lipinski definition) is 0. The Morgan fingerprint density at radius 3 is 2.10 bits per heavy atom. The Balaban J connectivity index is 2.40. The van der Waals surface area contributed by atoms with Crippen LogP contribution in [-0.4, -0.2) is 11.0 Å². The van der Waals surface area contributed by atoms with E-state index in [4.69, 9.17) is 34.1 Å². The maximum absolute atomic E-state index is 6.02. The summed E-state index contributed by atoms with van der Waals surface area (Å²) in [6.07, 6.45) is 4.69. The van der Waals surface area contributed by atoms with Gasteiger partial charge in [-0.05, 0) is 12.8 Å². The van der Waals surface area contributed by atoms with Gasteiger partial charge in [0.1, 0.15) is 0 Å². The molecule has 1 aliphatic rings. The first-order chi connectivity index (χ1) is 4.72. The van der Waals surface area contributed by atoms with Gasteiger partial charge in [-0.15, -0.1) is 11.6 Å². The summed E-state index contributed by atoms with van der Waals surface area (Å²) in [6.45, 7) is -0.845. The molecule has 0 amide bonds. The van der Waals surface area contributed by atoms with Crippen LogP contribution in [0.15, 0.2) is 0 Å². The molecule has 10 heavy (non-hydrogen) atoms. The van der Waals surface area contributed by atoms with E-state index < -0.39 is 6.63 Å². The normalized spacial score (nSPS) is 34.8. The van der Waals surface area contributed by atoms with Crippen LogP contribution in [0.1, 0.15) is 25.7 Å². The standard InChI is InChI=1S/C6H10Cl3P/c7-5-3-1-2-4-6(5)10(8)9/h5-6H,1-4H2/t5-,6-/m1/s1. The fraction of sp³-hybridized carbons (Fsp3) is 1.00. The smallest absolute Gasteiger partial charge is 0.0900 e. The first-order valence-corrected chi connectivity index (χ1v) is 7.12. The predicted molar refractivity (Wildman–Crippen MR) is 50.5 cm³/mol. The highest BCUT2D eigenvalue weighted by molar-refractivity contribution is 8.04. The molecule has 0 radical (unpaired) electrons. The van der Waals surface area contributed by atoms with Gasteiger partial charge in [-0.1, -0.05) is 35.3 Å².